The van der Waals surface area contributed by atoms with Crippen molar-refractivity contribution in [3.63, 3.8) is 0 Å². The number of piperidine rings is 2. The predicted octanol–water partition coefficient (Wildman–Crippen LogP) is 5.70. The molecule has 2 aromatic rings. The quantitative estimate of drug-likeness (QED) is 0.523. The largest absolute Gasteiger partial charge is 0.493 e. The number of hydrogen-bond acceptors (Lipinski definition) is 3. The maximum atomic E-state index is 13.3. The summed E-state index contributed by atoms with van der Waals surface area (Å²) in [6.07, 6.45) is 5.29. The minimum atomic E-state index is -0.455. The molecule has 4 rings (SSSR count). The van der Waals surface area contributed by atoms with E-state index in [4.69, 9.17) is 27.9 Å². The van der Waals surface area contributed by atoms with E-state index in [2.05, 4.69) is 0 Å². The van der Waals surface area contributed by atoms with Crippen molar-refractivity contribution in [2.24, 2.45) is 5.41 Å². The maximum Gasteiger partial charge on any atom is 0.255 e. The van der Waals surface area contributed by atoms with Gasteiger partial charge in [0.25, 0.3) is 5.91 Å². The smallest absolute Gasteiger partial charge is 0.255 e. The molecule has 0 unspecified atom stereocenters. The van der Waals surface area contributed by atoms with Gasteiger partial charge in [0.15, 0.2) is 0 Å². The summed E-state index contributed by atoms with van der Waals surface area (Å²) in [5.41, 5.74) is 0.0412. The molecule has 176 valence electrons. The molecule has 1 atom stereocenters. The summed E-state index contributed by atoms with van der Waals surface area (Å²) in [4.78, 5) is 30.4. The molecule has 0 aromatic heterocycles. The Morgan fingerprint density at radius 2 is 1.58 bits per heavy atom. The van der Waals surface area contributed by atoms with Gasteiger partial charge in [-0.15, -0.1) is 0 Å². The second-order valence-corrected chi connectivity index (χ2v) is 10.0. The summed E-state index contributed by atoms with van der Waals surface area (Å²) in [6, 6.07) is 14.4. The van der Waals surface area contributed by atoms with Crippen LogP contribution < -0.4 is 4.74 Å². The molecule has 0 bridgehead atoms. The van der Waals surface area contributed by atoms with Crippen molar-refractivity contribution in [1.82, 2.24) is 9.80 Å². The van der Waals surface area contributed by atoms with E-state index < -0.39 is 5.41 Å². The minimum absolute atomic E-state index is 0.0958. The first kappa shape index (κ1) is 23.9. The summed E-state index contributed by atoms with van der Waals surface area (Å²) in [7, 11) is 0. The van der Waals surface area contributed by atoms with Gasteiger partial charge >= 0.3 is 0 Å². The summed E-state index contributed by atoms with van der Waals surface area (Å²) in [5.74, 6) is 0.766. The molecule has 7 heteroatoms. The molecule has 2 amide bonds. The summed E-state index contributed by atoms with van der Waals surface area (Å²) < 4.78 is 6.16. The fourth-order valence-corrected chi connectivity index (χ4v) is 5.19. The fourth-order valence-electron chi connectivity index (χ4n) is 4.84. The van der Waals surface area contributed by atoms with Crippen LogP contribution in [0.4, 0.5) is 0 Å². The standard InChI is InChI=1S/C26H30Cl2N2O3/c27-20-9-11-21(12-10-20)33-19-26(17-24(31)29-14-4-1-5-15-29)13-6-16-30(18-26)25(32)22-7-2-3-8-23(22)28/h2-3,7-12H,1,4-6,13-19H2/t26-/m0/s1. The van der Waals surface area contributed by atoms with Gasteiger partial charge in [0.2, 0.25) is 5.91 Å². The lowest BCUT2D eigenvalue weighted by Crippen LogP contribution is -2.51. The van der Waals surface area contributed by atoms with Gasteiger partial charge in [-0.3, -0.25) is 9.59 Å². The molecule has 0 spiro atoms. The van der Waals surface area contributed by atoms with E-state index in [0.717, 1.165) is 38.8 Å². The molecule has 2 aliphatic rings. The van der Waals surface area contributed by atoms with Gasteiger partial charge in [0.1, 0.15) is 5.75 Å². The lowest BCUT2D eigenvalue weighted by atomic mass is 9.77. The van der Waals surface area contributed by atoms with Crippen LogP contribution in [0, 0.1) is 5.41 Å². The second kappa shape index (κ2) is 10.8. The van der Waals surface area contributed by atoms with E-state index >= 15 is 0 Å². The van der Waals surface area contributed by atoms with Crippen LogP contribution in [0.2, 0.25) is 10.0 Å². The minimum Gasteiger partial charge on any atom is -0.493 e. The van der Waals surface area contributed by atoms with Crippen LogP contribution in [-0.4, -0.2) is 54.4 Å². The first-order chi connectivity index (χ1) is 16.0. The first-order valence-electron chi connectivity index (χ1n) is 11.7. The molecule has 0 aliphatic carbocycles. The number of likely N-dealkylation sites (tertiary alicyclic amines) is 2. The molecule has 2 heterocycles. The summed E-state index contributed by atoms with van der Waals surface area (Å²) in [5, 5.41) is 1.09. The van der Waals surface area contributed by atoms with Crippen LogP contribution >= 0.6 is 23.2 Å². The molecular weight excluding hydrogens is 459 g/mol. The number of amides is 2. The van der Waals surface area contributed by atoms with Crippen molar-refractivity contribution in [1.29, 1.82) is 0 Å². The molecular formula is C26H30Cl2N2O3. The summed E-state index contributed by atoms with van der Waals surface area (Å²) >= 11 is 12.3. The molecule has 2 aromatic carbocycles. The lowest BCUT2D eigenvalue weighted by molar-refractivity contribution is -0.136. The molecule has 5 nitrogen and oxygen atoms in total. The highest BCUT2D eigenvalue weighted by Crippen LogP contribution is 2.36. The normalized spacial score (nSPS) is 21.0. The number of benzene rings is 2. The maximum absolute atomic E-state index is 13.3. The Kier molecular flexibility index (Phi) is 7.82. The zero-order chi connectivity index (χ0) is 23.3. The van der Waals surface area contributed by atoms with Crippen molar-refractivity contribution >= 4 is 35.0 Å². The van der Waals surface area contributed by atoms with E-state index in [1.807, 2.05) is 34.1 Å². The Morgan fingerprint density at radius 1 is 0.879 bits per heavy atom. The molecule has 33 heavy (non-hydrogen) atoms. The van der Waals surface area contributed by atoms with Crippen LogP contribution in [0.15, 0.2) is 48.5 Å². The lowest BCUT2D eigenvalue weighted by Gasteiger charge is -2.43. The molecule has 2 saturated heterocycles. The highest BCUT2D eigenvalue weighted by Gasteiger charge is 2.41. The number of carbonyl (C=O) groups excluding carboxylic acids is 2. The monoisotopic (exact) mass is 488 g/mol. The average molecular weight is 489 g/mol. The van der Waals surface area contributed by atoms with E-state index in [9.17, 15) is 9.59 Å². The van der Waals surface area contributed by atoms with Crippen molar-refractivity contribution < 1.29 is 14.3 Å². The Bertz CT molecular complexity index is 976. The van der Waals surface area contributed by atoms with Crippen LogP contribution in [0.25, 0.3) is 0 Å². The third-order valence-electron chi connectivity index (χ3n) is 6.65. The second-order valence-electron chi connectivity index (χ2n) is 9.17. The molecule has 0 N–H and O–H groups in total. The van der Waals surface area contributed by atoms with Gasteiger partial charge in [-0.25, -0.2) is 0 Å². The molecule has 2 fully saturated rings. The molecule has 0 radical (unpaired) electrons. The van der Waals surface area contributed by atoms with E-state index in [1.165, 1.54) is 6.42 Å². The number of hydrogen-bond donors (Lipinski definition) is 0. The van der Waals surface area contributed by atoms with Crippen molar-refractivity contribution in [2.45, 2.75) is 38.5 Å². The van der Waals surface area contributed by atoms with Gasteiger partial charge in [0, 0.05) is 43.0 Å². The zero-order valence-corrected chi connectivity index (χ0v) is 20.3. The molecule has 2 aliphatic heterocycles. The Labute approximate surface area is 205 Å². The van der Waals surface area contributed by atoms with Crippen LogP contribution in [0.3, 0.4) is 0 Å². The van der Waals surface area contributed by atoms with Gasteiger partial charge in [-0.05, 0) is 68.5 Å². The fraction of sp³-hybridized carbons (Fsp3) is 0.462. The highest BCUT2D eigenvalue weighted by atomic mass is 35.5. The van der Waals surface area contributed by atoms with E-state index in [0.29, 0.717) is 47.5 Å². The van der Waals surface area contributed by atoms with Gasteiger partial charge < -0.3 is 14.5 Å². The highest BCUT2D eigenvalue weighted by molar-refractivity contribution is 6.33. The summed E-state index contributed by atoms with van der Waals surface area (Å²) in [6.45, 7) is 3.10. The number of halogens is 2. The molecule has 0 saturated carbocycles. The Hall–Kier alpha value is -2.24. The van der Waals surface area contributed by atoms with Crippen LogP contribution in [0.5, 0.6) is 5.75 Å². The first-order valence-corrected chi connectivity index (χ1v) is 12.4. The van der Waals surface area contributed by atoms with Crippen LogP contribution in [0.1, 0.15) is 48.9 Å². The van der Waals surface area contributed by atoms with E-state index in [-0.39, 0.29) is 11.8 Å². The SMILES string of the molecule is O=C(C[C@@]1(COc2ccc(Cl)cc2)CCCN(C(=O)c2ccccc2Cl)C1)N1CCCCC1. The number of nitrogens with zero attached hydrogens (tertiary/aromatic N) is 2. The van der Waals surface area contributed by atoms with Crippen LogP contribution in [-0.2, 0) is 4.79 Å². The number of ether oxygens (including phenoxy) is 1. The van der Waals surface area contributed by atoms with Gasteiger partial charge in [-0.2, -0.15) is 0 Å². The number of rotatable bonds is 6. The van der Waals surface area contributed by atoms with Gasteiger partial charge in [-0.1, -0.05) is 35.3 Å². The van der Waals surface area contributed by atoms with Crippen molar-refractivity contribution in [3.05, 3.63) is 64.1 Å². The topological polar surface area (TPSA) is 49.9 Å². The van der Waals surface area contributed by atoms with Gasteiger partial charge in [0.05, 0.1) is 17.2 Å². The number of carbonyl (C=O) groups is 2. The Balaban J connectivity index is 1.54. The van der Waals surface area contributed by atoms with Crippen molar-refractivity contribution in [3.8, 4) is 5.75 Å². The van der Waals surface area contributed by atoms with Crippen molar-refractivity contribution in [2.75, 3.05) is 32.8 Å². The predicted molar refractivity (Wildman–Crippen MR) is 131 cm³/mol. The van der Waals surface area contributed by atoms with E-state index in [1.54, 1.807) is 24.3 Å². The average Bonchev–Trinajstić information content (AvgIpc) is 2.84. The zero-order valence-electron chi connectivity index (χ0n) is 18.8. The third kappa shape index (κ3) is 6.01. The Morgan fingerprint density at radius 3 is 2.30 bits per heavy atom. The third-order valence-corrected chi connectivity index (χ3v) is 7.23.